The van der Waals surface area contributed by atoms with Crippen LogP contribution in [-0.2, 0) is 6.18 Å². The molecule has 1 aliphatic heterocycles. The number of hydrogen-bond acceptors (Lipinski definition) is 2. The zero-order valence-corrected chi connectivity index (χ0v) is 14.3. The molecule has 1 aromatic carbocycles. The van der Waals surface area contributed by atoms with Gasteiger partial charge in [0.25, 0.3) is 0 Å². The highest BCUT2D eigenvalue weighted by atomic mass is 19.4. The average Bonchev–Trinajstić information content (AvgIpc) is 3.07. The van der Waals surface area contributed by atoms with Gasteiger partial charge in [-0.15, -0.1) is 0 Å². The summed E-state index contributed by atoms with van der Waals surface area (Å²) in [6.07, 6.45) is -1.59. The molecule has 0 spiro atoms. The summed E-state index contributed by atoms with van der Waals surface area (Å²) >= 11 is 0. The third-order valence-corrected chi connectivity index (χ3v) is 5.45. The smallest absolute Gasteiger partial charge is 0.367 e. The first-order valence-corrected chi connectivity index (χ1v) is 8.81. The molecule has 1 aromatic heterocycles. The Kier molecular flexibility index (Phi) is 3.63. The Hall–Kier alpha value is -1.98. The number of hydrogen-bond donors (Lipinski definition) is 1. The van der Waals surface area contributed by atoms with E-state index >= 15 is 0 Å². The second-order valence-corrected chi connectivity index (χ2v) is 7.62. The minimum Gasteiger partial charge on any atom is -0.367 e. The molecule has 0 bridgehead atoms. The van der Waals surface area contributed by atoms with Gasteiger partial charge >= 0.3 is 6.18 Å². The maximum Gasteiger partial charge on any atom is 0.417 e. The first-order chi connectivity index (χ1) is 11.8. The minimum absolute atomic E-state index is 0.115. The van der Waals surface area contributed by atoms with Crippen molar-refractivity contribution in [3.8, 4) is 0 Å². The van der Waals surface area contributed by atoms with E-state index in [1.165, 1.54) is 0 Å². The van der Waals surface area contributed by atoms with Crippen molar-refractivity contribution in [2.24, 2.45) is 5.92 Å². The van der Waals surface area contributed by atoms with E-state index < -0.39 is 17.3 Å². The quantitative estimate of drug-likeness (QED) is 0.855. The van der Waals surface area contributed by atoms with Crippen molar-refractivity contribution in [1.29, 1.82) is 0 Å². The van der Waals surface area contributed by atoms with Gasteiger partial charge in [-0.1, -0.05) is 20.3 Å². The fraction of sp³-hybridized carbons (Fsp3) is 0.526. The number of halogens is 3. The van der Waals surface area contributed by atoms with Crippen molar-refractivity contribution >= 4 is 16.6 Å². The molecule has 0 amide bonds. The number of alkyl halides is 3. The number of aromatic amines is 1. The van der Waals surface area contributed by atoms with Crippen LogP contribution in [0.25, 0.3) is 10.9 Å². The number of benzene rings is 1. The normalized spacial score (nSPS) is 22.7. The Morgan fingerprint density at radius 1 is 1.28 bits per heavy atom. The fourth-order valence-electron chi connectivity index (χ4n) is 4.68. The summed E-state index contributed by atoms with van der Waals surface area (Å²) in [5, 5.41) is 0.188. The number of H-pyrrole nitrogens is 1. The van der Waals surface area contributed by atoms with Crippen molar-refractivity contribution in [1.82, 2.24) is 4.98 Å². The predicted molar refractivity (Wildman–Crippen MR) is 92.1 cm³/mol. The summed E-state index contributed by atoms with van der Waals surface area (Å²) < 4.78 is 41.0. The Balaban J connectivity index is 2.03. The van der Waals surface area contributed by atoms with Gasteiger partial charge in [-0.2, -0.15) is 13.2 Å². The molecule has 2 heterocycles. The lowest BCUT2D eigenvalue weighted by molar-refractivity contribution is -0.136. The Morgan fingerprint density at radius 2 is 2.04 bits per heavy atom. The Bertz CT molecular complexity index is 885. The van der Waals surface area contributed by atoms with Crippen LogP contribution < -0.4 is 10.5 Å². The van der Waals surface area contributed by atoms with E-state index in [4.69, 9.17) is 0 Å². The van der Waals surface area contributed by atoms with Crippen LogP contribution in [0.15, 0.2) is 23.0 Å². The van der Waals surface area contributed by atoms with Crippen molar-refractivity contribution in [2.75, 3.05) is 11.4 Å². The maximum absolute atomic E-state index is 13.7. The van der Waals surface area contributed by atoms with Crippen LogP contribution in [0.4, 0.5) is 18.9 Å². The predicted octanol–water partition coefficient (Wildman–Crippen LogP) is 4.66. The highest BCUT2D eigenvalue weighted by Gasteiger charge is 2.44. The lowest BCUT2D eigenvalue weighted by Gasteiger charge is -2.28. The van der Waals surface area contributed by atoms with Gasteiger partial charge in [-0.3, -0.25) is 4.79 Å². The van der Waals surface area contributed by atoms with Crippen LogP contribution in [0.5, 0.6) is 0 Å². The molecule has 2 atom stereocenters. The number of rotatable bonds is 2. The molecular formula is C19H21F3N2O. The molecule has 2 aliphatic rings. The standard InChI is InChI=1S/C19H21F3N2O/c1-10(2)9-24-14-5-3-4-11(14)17-15(24)7-6-13-18(17)12(19(20,21)22)8-16(25)23-13/h6-8,10-11,14H,3-5,9H2,1-2H3,(H,23,25). The molecule has 0 radical (unpaired) electrons. The van der Waals surface area contributed by atoms with E-state index in [-0.39, 0.29) is 22.9 Å². The topological polar surface area (TPSA) is 36.1 Å². The van der Waals surface area contributed by atoms with Crippen LogP contribution in [0, 0.1) is 5.92 Å². The third kappa shape index (κ3) is 2.53. The summed E-state index contributed by atoms with van der Waals surface area (Å²) in [6.45, 7) is 5.09. The van der Waals surface area contributed by atoms with E-state index in [2.05, 4.69) is 23.7 Å². The van der Waals surface area contributed by atoms with Gasteiger partial charge in [0, 0.05) is 41.2 Å². The van der Waals surface area contributed by atoms with Crippen LogP contribution in [0.2, 0.25) is 0 Å². The zero-order valence-electron chi connectivity index (χ0n) is 14.3. The highest BCUT2D eigenvalue weighted by Crippen LogP contribution is 2.53. The minimum atomic E-state index is -4.54. The molecule has 0 saturated heterocycles. The SMILES string of the molecule is CC(C)CN1c2ccc3[nH]c(=O)cc(C(F)(F)F)c3c2C2CCCC21. The molecule has 3 nitrogen and oxygen atoms in total. The van der Waals surface area contributed by atoms with Crippen LogP contribution in [0.3, 0.4) is 0 Å². The summed E-state index contributed by atoms with van der Waals surface area (Å²) in [4.78, 5) is 16.6. The van der Waals surface area contributed by atoms with E-state index in [1.807, 2.05) is 6.07 Å². The number of pyridine rings is 1. The summed E-state index contributed by atoms with van der Waals surface area (Å²) in [5.74, 6) is 0.546. The van der Waals surface area contributed by atoms with Gasteiger partial charge < -0.3 is 9.88 Å². The third-order valence-electron chi connectivity index (χ3n) is 5.45. The summed E-state index contributed by atoms with van der Waals surface area (Å²) in [5.41, 5.74) is 0.466. The molecule has 6 heteroatoms. The molecule has 1 saturated carbocycles. The molecule has 1 N–H and O–H groups in total. The lowest BCUT2D eigenvalue weighted by atomic mass is 9.91. The van der Waals surface area contributed by atoms with Crippen molar-refractivity contribution in [2.45, 2.75) is 51.2 Å². The number of anilines is 1. The summed E-state index contributed by atoms with van der Waals surface area (Å²) in [7, 11) is 0. The molecule has 134 valence electrons. The second kappa shape index (κ2) is 5.51. The summed E-state index contributed by atoms with van der Waals surface area (Å²) in [6, 6.07) is 4.49. The van der Waals surface area contributed by atoms with Gasteiger partial charge in [0.15, 0.2) is 0 Å². The monoisotopic (exact) mass is 350 g/mol. The van der Waals surface area contributed by atoms with Crippen LogP contribution in [0.1, 0.15) is 50.2 Å². The Morgan fingerprint density at radius 3 is 2.72 bits per heavy atom. The van der Waals surface area contributed by atoms with E-state index in [0.717, 1.165) is 37.1 Å². The van der Waals surface area contributed by atoms with Gasteiger partial charge in [0.05, 0.1) is 5.56 Å². The molecule has 1 aliphatic carbocycles. The highest BCUT2D eigenvalue weighted by molar-refractivity contribution is 5.93. The zero-order chi connectivity index (χ0) is 17.9. The van der Waals surface area contributed by atoms with Gasteiger partial charge in [-0.05, 0) is 36.5 Å². The molecule has 2 aromatic rings. The van der Waals surface area contributed by atoms with Gasteiger partial charge in [0.1, 0.15) is 0 Å². The fourth-order valence-corrected chi connectivity index (χ4v) is 4.68. The molecule has 1 fully saturated rings. The largest absolute Gasteiger partial charge is 0.417 e. The van der Waals surface area contributed by atoms with E-state index in [0.29, 0.717) is 12.0 Å². The number of nitrogens with zero attached hydrogens (tertiary/aromatic N) is 1. The second-order valence-electron chi connectivity index (χ2n) is 7.62. The molecule has 2 unspecified atom stereocenters. The number of fused-ring (bicyclic) bond motifs is 5. The van der Waals surface area contributed by atoms with Crippen LogP contribution >= 0.6 is 0 Å². The van der Waals surface area contributed by atoms with E-state index in [1.54, 1.807) is 6.07 Å². The number of aromatic nitrogens is 1. The first kappa shape index (κ1) is 16.5. The van der Waals surface area contributed by atoms with E-state index in [9.17, 15) is 18.0 Å². The van der Waals surface area contributed by atoms with Crippen molar-refractivity contribution in [3.05, 3.63) is 39.7 Å². The maximum atomic E-state index is 13.7. The van der Waals surface area contributed by atoms with Crippen molar-refractivity contribution < 1.29 is 13.2 Å². The molecule has 4 rings (SSSR count). The van der Waals surface area contributed by atoms with Gasteiger partial charge in [-0.25, -0.2) is 0 Å². The lowest BCUT2D eigenvalue weighted by Crippen LogP contribution is -2.34. The number of nitrogens with one attached hydrogen (secondary N) is 1. The Labute approximate surface area is 143 Å². The van der Waals surface area contributed by atoms with Gasteiger partial charge in [0.2, 0.25) is 5.56 Å². The van der Waals surface area contributed by atoms with Crippen LogP contribution in [-0.4, -0.2) is 17.6 Å². The molecule has 25 heavy (non-hydrogen) atoms. The molecular weight excluding hydrogens is 329 g/mol. The average molecular weight is 350 g/mol. The van der Waals surface area contributed by atoms with Crippen molar-refractivity contribution in [3.63, 3.8) is 0 Å². The first-order valence-electron chi connectivity index (χ1n) is 8.81.